The van der Waals surface area contributed by atoms with Crippen LogP contribution in [-0.2, 0) is 24.0 Å². The van der Waals surface area contributed by atoms with Crippen molar-refractivity contribution in [1.29, 1.82) is 0 Å². The molecule has 5 nitrogen and oxygen atoms in total. The first-order valence-electron chi connectivity index (χ1n) is 18.6. The number of hydrogen-bond donors (Lipinski definition) is 0. The fourth-order valence-electron chi connectivity index (χ4n) is 12.7. The first-order valence-corrected chi connectivity index (χ1v) is 21.8. The van der Waals surface area contributed by atoms with Crippen LogP contribution in [0.4, 0.5) is 8.41 Å². The maximum atomic E-state index is 18.8. The zero-order chi connectivity index (χ0) is 34.3. The highest BCUT2D eigenvalue weighted by Crippen LogP contribution is 2.78. The molecule has 8 bridgehead atoms. The smallest absolute Gasteiger partial charge is 0.323 e. The van der Waals surface area contributed by atoms with Crippen LogP contribution in [0.5, 0.6) is 0 Å². The minimum absolute atomic E-state index is 0.0816. The van der Waals surface area contributed by atoms with Crippen molar-refractivity contribution in [2.75, 3.05) is 12.4 Å². The Hall–Kier alpha value is -2.75. The van der Waals surface area contributed by atoms with Gasteiger partial charge >= 0.3 is 16.1 Å². The second-order valence-corrected chi connectivity index (χ2v) is 21.0. The van der Waals surface area contributed by atoms with Gasteiger partial charge in [0.1, 0.15) is 0 Å². The Labute approximate surface area is 296 Å². The Morgan fingerprint density at radius 1 is 0.680 bits per heavy atom. The molecule has 266 valence electrons. The van der Waals surface area contributed by atoms with E-state index in [2.05, 4.69) is 40.8 Å². The van der Waals surface area contributed by atoms with E-state index in [4.69, 9.17) is 4.74 Å². The van der Waals surface area contributed by atoms with Crippen LogP contribution < -0.4 is 0 Å². The van der Waals surface area contributed by atoms with Gasteiger partial charge in [-0.1, -0.05) is 59.0 Å². The van der Waals surface area contributed by atoms with Gasteiger partial charge in [0.25, 0.3) is 0 Å². The van der Waals surface area contributed by atoms with Crippen LogP contribution in [0.25, 0.3) is 11.1 Å². The second-order valence-electron chi connectivity index (χ2n) is 16.8. The highest BCUT2D eigenvalue weighted by molar-refractivity contribution is 8.30. The van der Waals surface area contributed by atoms with Gasteiger partial charge in [0.05, 0.1) is 6.61 Å². The summed E-state index contributed by atoms with van der Waals surface area (Å²) in [5.74, 6) is 2.95. The van der Waals surface area contributed by atoms with Gasteiger partial charge in [0.15, 0.2) is 5.75 Å². The van der Waals surface area contributed by atoms with Crippen molar-refractivity contribution in [2.45, 2.75) is 85.2 Å². The van der Waals surface area contributed by atoms with Gasteiger partial charge in [-0.05, 0) is 167 Å². The molecule has 8 aliphatic rings. The van der Waals surface area contributed by atoms with Crippen LogP contribution in [0.15, 0.2) is 88.7 Å². The second kappa shape index (κ2) is 12.4. The highest BCUT2D eigenvalue weighted by atomic mass is 32.3. The molecule has 0 spiro atoms. The number of esters is 1. The predicted octanol–water partition coefficient (Wildman–Crippen LogP) is 9.97. The average molecular weight is 721 g/mol. The maximum Gasteiger partial charge on any atom is 0.323 e. The summed E-state index contributed by atoms with van der Waals surface area (Å²) in [7, 11) is -7.81. The number of benzene rings is 3. The normalized spacial score (nSPS) is 37.0. The van der Waals surface area contributed by atoms with Crippen molar-refractivity contribution in [3.8, 4) is 11.1 Å². The van der Waals surface area contributed by atoms with Crippen LogP contribution in [0.1, 0.15) is 75.7 Å². The molecule has 9 heteroatoms. The van der Waals surface area contributed by atoms with Crippen LogP contribution >= 0.6 is 10.4 Å². The van der Waals surface area contributed by atoms with E-state index in [1.54, 1.807) is 0 Å². The molecule has 3 aromatic carbocycles. The van der Waals surface area contributed by atoms with Crippen molar-refractivity contribution in [1.82, 2.24) is 0 Å². The molecule has 0 saturated heterocycles. The quantitative estimate of drug-likeness (QED) is 0.195. The van der Waals surface area contributed by atoms with Crippen LogP contribution in [-0.4, -0.2) is 32.0 Å². The molecule has 0 N–H and O–H groups in total. The SMILES string of the molecule is O=C(CS(=O)(=O)OF)OCC12CC3CC(CC(C3)C1S(F)(c1ccccc1)c1ccc(-c3ccc(C4C5CC6CC(C5)CC4C6)cc3)cc1)C2. The summed E-state index contributed by atoms with van der Waals surface area (Å²) in [6, 6.07) is 26.7. The standard InChI is InChI=1S/C41H46F2O5S2/c42-48-49(45,46)24-38(44)47-25-41-22-28-15-29(23-41)21-35(20-28)40(41)50(43,36-4-2-1-3-5-36)37-12-10-31(11-13-37)30-6-8-32(9-7-30)39-33-16-26-14-27(18-33)19-34(39)17-26/h1-13,26-29,33-35,39-40H,14-25H2. The zero-order valence-corrected chi connectivity index (χ0v) is 29.9. The summed E-state index contributed by atoms with van der Waals surface area (Å²) in [5.41, 5.74) is 3.04. The zero-order valence-electron chi connectivity index (χ0n) is 28.3. The van der Waals surface area contributed by atoms with E-state index < -0.39 is 42.9 Å². The number of carbonyl (C=O) groups is 1. The van der Waals surface area contributed by atoms with Gasteiger partial charge in [-0.3, -0.25) is 4.79 Å². The number of carbonyl (C=O) groups excluding carboxylic acids is 1. The number of ether oxygens (including phenoxy) is 1. The molecule has 8 saturated carbocycles. The molecule has 0 radical (unpaired) electrons. The van der Waals surface area contributed by atoms with Crippen molar-refractivity contribution < 1.29 is 30.7 Å². The lowest BCUT2D eigenvalue weighted by Gasteiger charge is -2.64. The lowest BCUT2D eigenvalue weighted by atomic mass is 9.49. The van der Waals surface area contributed by atoms with E-state index in [1.807, 2.05) is 42.5 Å². The molecule has 4 unspecified atom stereocenters. The molecular formula is C41H46F2O5S2. The van der Waals surface area contributed by atoms with E-state index in [-0.39, 0.29) is 12.5 Å². The molecule has 0 aliphatic heterocycles. The summed E-state index contributed by atoms with van der Waals surface area (Å²) in [5, 5.41) is -0.404. The fraction of sp³-hybridized carbons (Fsp3) is 0.537. The maximum absolute atomic E-state index is 18.8. The summed E-state index contributed by atoms with van der Waals surface area (Å²) < 4.78 is 63.2. The molecule has 50 heavy (non-hydrogen) atoms. The Bertz CT molecular complexity index is 1810. The molecular weight excluding hydrogens is 675 g/mol. The first kappa shape index (κ1) is 33.1. The van der Waals surface area contributed by atoms with E-state index >= 15 is 3.89 Å². The monoisotopic (exact) mass is 720 g/mol. The molecule has 4 atom stereocenters. The number of hydrogen-bond acceptors (Lipinski definition) is 5. The van der Waals surface area contributed by atoms with Crippen molar-refractivity contribution >= 4 is 26.5 Å². The third-order valence-electron chi connectivity index (χ3n) is 13.8. The molecule has 8 aliphatic carbocycles. The molecule has 0 aromatic heterocycles. The van der Waals surface area contributed by atoms with Gasteiger partial charge in [0.2, 0.25) is 0 Å². The van der Waals surface area contributed by atoms with Crippen molar-refractivity contribution in [3.05, 3.63) is 84.4 Å². The van der Waals surface area contributed by atoms with Gasteiger partial charge in [-0.2, -0.15) is 12.3 Å². The van der Waals surface area contributed by atoms with Crippen LogP contribution in [0, 0.1) is 46.8 Å². The first-order chi connectivity index (χ1) is 24.1. The van der Waals surface area contributed by atoms with E-state index in [0.29, 0.717) is 27.5 Å². The topological polar surface area (TPSA) is 69.7 Å². The van der Waals surface area contributed by atoms with Gasteiger partial charge in [-0.15, -0.1) is 0 Å². The molecule has 11 rings (SSSR count). The number of halogens is 2. The van der Waals surface area contributed by atoms with Crippen LogP contribution in [0.3, 0.4) is 0 Å². The Morgan fingerprint density at radius 3 is 1.78 bits per heavy atom. The summed E-state index contributed by atoms with van der Waals surface area (Å²) in [4.78, 5) is 13.9. The highest BCUT2D eigenvalue weighted by Gasteiger charge is 2.63. The van der Waals surface area contributed by atoms with E-state index in [9.17, 15) is 17.7 Å². The summed E-state index contributed by atoms with van der Waals surface area (Å²) >= 11 is 0. The lowest BCUT2D eigenvalue weighted by Crippen LogP contribution is -2.59. The lowest BCUT2D eigenvalue weighted by molar-refractivity contribution is -0.152. The Balaban J connectivity index is 1.02. The Kier molecular flexibility index (Phi) is 8.24. The van der Waals surface area contributed by atoms with E-state index in [0.717, 1.165) is 66.9 Å². The van der Waals surface area contributed by atoms with E-state index in [1.165, 1.54) is 37.7 Å². The Morgan fingerprint density at radius 2 is 1.20 bits per heavy atom. The molecule has 0 heterocycles. The predicted molar refractivity (Wildman–Crippen MR) is 190 cm³/mol. The average Bonchev–Trinajstić information content (AvgIpc) is 3.10. The summed E-state index contributed by atoms with van der Waals surface area (Å²) in [6.07, 6.45) is 11.5. The third-order valence-corrected chi connectivity index (χ3v) is 18.0. The number of rotatable bonds is 10. The van der Waals surface area contributed by atoms with Gasteiger partial charge in [0, 0.05) is 20.5 Å². The fourth-order valence-corrected chi connectivity index (χ4v) is 16.7. The van der Waals surface area contributed by atoms with Gasteiger partial charge < -0.3 is 4.74 Å². The molecule has 8 fully saturated rings. The molecule has 3 aromatic rings. The van der Waals surface area contributed by atoms with Crippen molar-refractivity contribution in [2.24, 2.45) is 46.8 Å². The molecule has 0 amide bonds. The minimum Gasteiger partial charge on any atom is -0.464 e. The summed E-state index contributed by atoms with van der Waals surface area (Å²) in [6.45, 7) is -0.0816. The largest absolute Gasteiger partial charge is 0.464 e. The third kappa shape index (κ3) is 5.65. The van der Waals surface area contributed by atoms with Crippen LogP contribution in [0.2, 0.25) is 0 Å². The van der Waals surface area contributed by atoms with Gasteiger partial charge in [-0.25, -0.2) is 0 Å². The minimum atomic E-state index is -4.67. The van der Waals surface area contributed by atoms with Crippen molar-refractivity contribution in [3.63, 3.8) is 0 Å².